The number of carbonyl (C=O) groups excluding carboxylic acids is 1. The molecule has 0 bridgehead atoms. The fourth-order valence-corrected chi connectivity index (χ4v) is 2.04. The Balaban J connectivity index is 3.18. The van der Waals surface area contributed by atoms with Crippen molar-refractivity contribution in [2.45, 2.75) is 33.1 Å². The lowest BCUT2D eigenvalue weighted by molar-refractivity contribution is -0.138. The summed E-state index contributed by atoms with van der Waals surface area (Å²) >= 11 is 0. The smallest absolute Gasteiger partial charge is 0.337 e. The molecular formula is C17H24O4. The zero-order chi connectivity index (χ0) is 15.7. The molecule has 0 spiro atoms. The average molecular weight is 292 g/mol. The fourth-order valence-electron chi connectivity index (χ4n) is 2.04. The third-order valence-corrected chi connectivity index (χ3v) is 3.13. The lowest BCUT2D eigenvalue weighted by Crippen LogP contribution is -2.11. The average Bonchev–Trinajstić information content (AvgIpc) is 2.52. The van der Waals surface area contributed by atoms with Crippen LogP contribution in [0.2, 0.25) is 0 Å². The van der Waals surface area contributed by atoms with Crippen LogP contribution in [-0.2, 0) is 14.3 Å². The number of carbonyl (C=O) groups is 1. The van der Waals surface area contributed by atoms with Crippen LogP contribution in [0.3, 0.4) is 0 Å². The van der Waals surface area contributed by atoms with Gasteiger partial charge in [-0.2, -0.15) is 0 Å². The van der Waals surface area contributed by atoms with E-state index in [1.54, 1.807) is 21.1 Å². The van der Waals surface area contributed by atoms with Crippen molar-refractivity contribution in [2.75, 3.05) is 20.8 Å². The Morgan fingerprint density at radius 2 is 1.76 bits per heavy atom. The summed E-state index contributed by atoms with van der Waals surface area (Å²) in [4.78, 5) is 12.2. The van der Waals surface area contributed by atoms with Crippen molar-refractivity contribution >= 4 is 11.7 Å². The van der Waals surface area contributed by atoms with E-state index in [-0.39, 0.29) is 5.97 Å². The molecule has 0 atom stereocenters. The summed E-state index contributed by atoms with van der Waals surface area (Å²) in [6.45, 7) is 4.24. The monoisotopic (exact) mass is 292 g/mol. The van der Waals surface area contributed by atoms with Gasteiger partial charge in [0.05, 0.1) is 26.4 Å². The molecule has 0 aliphatic rings. The lowest BCUT2D eigenvalue weighted by atomic mass is 10.0. The van der Waals surface area contributed by atoms with Crippen LogP contribution >= 0.6 is 0 Å². The highest BCUT2D eigenvalue weighted by atomic mass is 16.5. The molecule has 0 radical (unpaired) electrons. The maximum atomic E-state index is 12.2. The number of hydrogen-bond acceptors (Lipinski definition) is 4. The second kappa shape index (κ2) is 9.06. The van der Waals surface area contributed by atoms with Gasteiger partial charge >= 0.3 is 5.97 Å². The van der Waals surface area contributed by atoms with Gasteiger partial charge in [-0.15, -0.1) is 0 Å². The Morgan fingerprint density at radius 3 is 2.24 bits per heavy atom. The summed E-state index contributed by atoms with van der Waals surface area (Å²) in [5, 5.41) is 0. The van der Waals surface area contributed by atoms with Gasteiger partial charge < -0.3 is 14.2 Å². The minimum atomic E-state index is -0.307. The number of benzene rings is 1. The molecule has 21 heavy (non-hydrogen) atoms. The van der Waals surface area contributed by atoms with Crippen LogP contribution in [0.15, 0.2) is 29.8 Å². The number of ether oxygens (including phenoxy) is 3. The van der Waals surface area contributed by atoms with Crippen molar-refractivity contribution in [3.8, 4) is 5.75 Å². The molecule has 0 aliphatic heterocycles. The predicted octanol–water partition coefficient (Wildman–Crippen LogP) is 3.81. The van der Waals surface area contributed by atoms with Crippen LogP contribution in [0.4, 0.5) is 0 Å². The standard InChI is InChI=1S/C17H24O4/c1-5-7-8-15(17(18)21-6-2)16(20-4)13-9-11-14(19-3)12-10-13/h9-12H,5-8H2,1-4H3/b16-15-. The quantitative estimate of drug-likeness (QED) is 0.415. The number of esters is 1. The molecule has 0 fully saturated rings. The van der Waals surface area contributed by atoms with Crippen molar-refractivity contribution < 1.29 is 19.0 Å². The minimum Gasteiger partial charge on any atom is -0.497 e. The first-order valence-corrected chi connectivity index (χ1v) is 7.26. The van der Waals surface area contributed by atoms with Crippen LogP contribution < -0.4 is 4.74 Å². The Kier molecular flexibility index (Phi) is 7.37. The summed E-state index contributed by atoms with van der Waals surface area (Å²) < 4.78 is 15.8. The van der Waals surface area contributed by atoms with Gasteiger partial charge in [0.2, 0.25) is 0 Å². The van der Waals surface area contributed by atoms with Crippen molar-refractivity contribution in [2.24, 2.45) is 0 Å². The lowest BCUT2D eigenvalue weighted by Gasteiger charge is -2.14. The molecule has 0 aliphatic carbocycles. The Bertz CT molecular complexity index is 474. The van der Waals surface area contributed by atoms with Crippen LogP contribution in [0.5, 0.6) is 5.75 Å². The van der Waals surface area contributed by atoms with E-state index >= 15 is 0 Å². The predicted molar refractivity (Wildman–Crippen MR) is 83.1 cm³/mol. The fraction of sp³-hybridized carbons (Fsp3) is 0.471. The maximum Gasteiger partial charge on any atom is 0.337 e. The van der Waals surface area contributed by atoms with Gasteiger partial charge in [-0.3, -0.25) is 0 Å². The van der Waals surface area contributed by atoms with E-state index < -0.39 is 0 Å². The summed E-state index contributed by atoms with van der Waals surface area (Å²) in [6, 6.07) is 7.44. The molecular weight excluding hydrogens is 268 g/mol. The topological polar surface area (TPSA) is 44.8 Å². The minimum absolute atomic E-state index is 0.307. The van der Waals surface area contributed by atoms with E-state index in [2.05, 4.69) is 6.92 Å². The van der Waals surface area contributed by atoms with Gasteiger partial charge in [-0.1, -0.05) is 13.3 Å². The van der Waals surface area contributed by atoms with Gasteiger partial charge in [0.15, 0.2) is 0 Å². The van der Waals surface area contributed by atoms with E-state index in [4.69, 9.17) is 14.2 Å². The van der Waals surface area contributed by atoms with Gasteiger partial charge in [0, 0.05) is 5.56 Å². The zero-order valence-corrected chi connectivity index (χ0v) is 13.3. The van der Waals surface area contributed by atoms with E-state index in [1.807, 2.05) is 24.3 Å². The van der Waals surface area contributed by atoms with Crippen molar-refractivity contribution in [3.63, 3.8) is 0 Å². The van der Waals surface area contributed by atoms with Gasteiger partial charge in [-0.25, -0.2) is 4.79 Å². The molecule has 0 saturated carbocycles. The third-order valence-electron chi connectivity index (χ3n) is 3.13. The van der Waals surface area contributed by atoms with Crippen molar-refractivity contribution in [1.82, 2.24) is 0 Å². The second-order valence-electron chi connectivity index (χ2n) is 4.56. The Hall–Kier alpha value is -1.97. The van der Waals surface area contributed by atoms with Gasteiger partial charge in [-0.05, 0) is 44.0 Å². The van der Waals surface area contributed by atoms with E-state index in [1.165, 1.54) is 0 Å². The highest BCUT2D eigenvalue weighted by Gasteiger charge is 2.18. The van der Waals surface area contributed by atoms with E-state index in [0.717, 1.165) is 24.2 Å². The summed E-state index contributed by atoms with van der Waals surface area (Å²) in [5.41, 5.74) is 1.43. The van der Waals surface area contributed by atoms with E-state index in [9.17, 15) is 4.79 Å². The number of rotatable bonds is 8. The van der Waals surface area contributed by atoms with Crippen LogP contribution in [0.1, 0.15) is 38.7 Å². The highest BCUT2D eigenvalue weighted by Crippen LogP contribution is 2.26. The maximum absolute atomic E-state index is 12.2. The molecule has 1 aromatic carbocycles. The van der Waals surface area contributed by atoms with Crippen LogP contribution in [0, 0.1) is 0 Å². The molecule has 0 saturated heterocycles. The van der Waals surface area contributed by atoms with Gasteiger partial charge in [0.1, 0.15) is 11.5 Å². The molecule has 1 aromatic rings. The molecule has 4 heteroatoms. The zero-order valence-electron chi connectivity index (χ0n) is 13.3. The summed E-state index contributed by atoms with van der Waals surface area (Å²) in [6.07, 6.45) is 2.56. The van der Waals surface area contributed by atoms with Crippen LogP contribution in [0.25, 0.3) is 5.76 Å². The normalized spacial score (nSPS) is 11.6. The Labute approximate surface area is 126 Å². The first kappa shape index (κ1) is 17.1. The first-order valence-electron chi connectivity index (χ1n) is 7.26. The highest BCUT2D eigenvalue weighted by molar-refractivity contribution is 5.96. The number of hydrogen-bond donors (Lipinski definition) is 0. The summed E-state index contributed by atoms with van der Waals surface area (Å²) in [7, 11) is 3.19. The molecule has 0 aromatic heterocycles. The van der Waals surface area contributed by atoms with Crippen LogP contribution in [-0.4, -0.2) is 26.8 Å². The second-order valence-corrected chi connectivity index (χ2v) is 4.56. The molecule has 4 nitrogen and oxygen atoms in total. The third kappa shape index (κ3) is 4.81. The summed E-state index contributed by atoms with van der Waals surface area (Å²) in [5.74, 6) is 1.03. The molecule has 116 valence electrons. The largest absolute Gasteiger partial charge is 0.497 e. The molecule has 1 rings (SSSR count). The molecule has 0 N–H and O–H groups in total. The molecule has 0 heterocycles. The van der Waals surface area contributed by atoms with Crippen molar-refractivity contribution in [1.29, 1.82) is 0 Å². The first-order chi connectivity index (χ1) is 10.2. The Morgan fingerprint density at radius 1 is 1.10 bits per heavy atom. The number of methoxy groups -OCH3 is 2. The van der Waals surface area contributed by atoms with Crippen molar-refractivity contribution in [3.05, 3.63) is 35.4 Å². The van der Waals surface area contributed by atoms with E-state index in [0.29, 0.717) is 24.4 Å². The van der Waals surface area contributed by atoms with Gasteiger partial charge in [0.25, 0.3) is 0 Å². The molecule has 0 unspecified atom stereocenters. The molecule has 0 amide bonds. The number of unbranched alkanes of at least 4 members (excludes halogenated alkanes) is 1. The SMILES string of the molecule is CCCC/C(C(=O)OCC)=C(/OC)c1ccc(OC)cc1.